The predicted octanol–water partition coefficient (Wildman–Crippen LogP) is 3.99. The average Bonchev–Trinajstić information content (AvgIpc) is 3.67. The molecule has 6 atom stereocenters. The molecule has 0 saturated carbocycles. The maximum absolute atomic E-state index is 13.4. The monoisotopic (exact) mass is 643 g/mol. The zero-order chi connectivity index (χ0) is 32.9. The van der Waals surface area contributed by atoms with Crippen LogP contribution in [0.1, 0.15) is 60.8 Å². The Morgan fingerprint density at radius 3 is 2.49 bits per heavy atom. The second-order valence-electron chi connectivity index (χ2n) is 12.4. The summed E-state index contributed by atoms with van der Waals surface area (Å²) >= 11 is 0. The van der Waals surface area contributed by atoms with E-state index < -0.39 is 30.2 Å². The van der Waals surface area contributed by atoms with Crippen LogP contribution in [0.15, 0.2) is 78.9 Å². The molecule has 3 aliphatic heterocycles. The first-order valence-corrected chi connectivity index (χ1v) is 16.1. The van der Waals surface area contributed by atoms with E-state index in [2.05, 4.69) is 17.1 Å². The quantitative estimate of drug-likeness (QED) is 0.280. The van der Waals surface area contributed by atoms with Crippen LogP contribution in [-0.2, 0) is 37.0 Å². The van der Waals surface area contributed by atoms with Gasteiger partial charge in [-0.25, -0.2) is 9.69 Å². The Balaban J connectivity index is 1.19. The Hall–Kier alpha value is -4.13. The van der Waals surface area contributed by atoms with Gasteiger partial charge in [0.1, 0.15) is 12.6 Å². The average molecular weight is 644 g/mol. The molecule has 3 aromatic carbocycles. The van der Waals surface area contributed by atoms with E-state index in [1.54, 1.807) is 18.2 Å². The third-order valence-electron chi connectivity index (χ3n) is 9.30. The molecule has 11 nitrogen and oxygen atoms in total. The number of benzene rings is 3. The van der Waals surface area contributed by atoms with E-state index in [0.717, 1.165) is 41.0 Å². The second kappa shape index (κ2) is 14.7. The maximum atomic E-state index is 13.4. The van der Waals surface area contributed by atoms with E-state index in [1.807, 2.05) is 60.7 Å². The summed E-state index contributed by atoms with van der Waals surface area (Å²) in [5, 5.41) is 22.0. The largest absolute Gasteiger partial charge is 0.445 e. The number of hydrogen-bond acceptors (Lipinski definition) is 9. The van der Waals surface area contributed by atoms with Gasteiger partial charge < -0.3 is 29.7 Å². The second-order valence-corrected chi connectivity index (χ2v) is 12.4. The van der Waals surface area contributed by atoms with Gasteiger partial charge in [0.2, 0.25) is 5.91 Å². The Kier molecular flexibility index (Phi) is 10.3. The lowest BCUT2D eigenvalue weighted by Gasteiger charge is -2.43. The van der Waals surface area contributed by atoms with Crippen molar-refractivity contribution in [2.75, 3.05) is 24.6 Å². The van der Waals surface area contributed by atoms with E-state index in [0.29, 0.717) is 17.8 Å². The highest BCUT2D eigenvalue weighted by atomic mass is 16.7. The lowest BCUT2D eigenvalue weighted by atomic mass is 9.90. The highest BCUT2D eigenvalue weighted by molar-refractivity contribution is 6.22. The number of anilines is 1. The minimum absolute atomic E-state index is 0.0374. The normalized spacial score (nSPS) is 26.5. The molecule has 47 heavy (non-hydrogen) atoms. The van der Waals surface area contributed by atoms with Crippen molar-refractivity contribution in [3.8, 4) is 0 Å². The summed E-state index contributed by atoms with van der Waals surface area (Å²) < 4.78 is 18.4. The van der Waals surface area contributed by atoms with Crippen molar-refractivity contribution in [1.29, 1.82) is 0 Å². The lowest BCUT2D eigenvalue weighted by Crippen LogP contribution is -2.46. The molecule has 0 aromatic heterocycles. The fourth-order valence-electron chi connectivity index (χ4n) is 6.63. The van der Waals surface area contributed by atoms with E-state index in [9.17, 15) is 24.6 Å². The van der Waals surface area contributed by atoms with Gasteiger partial charge in [-0.2, -0.15) is 0 Å². The number of carbonyl (C=O) groups is 3. The third kappa shape index (κ3) is 7.39. The molecule has 6 rings (SSSR count). The van der Waals surface area contributed by atoms with Gasteiger partial charge in [-0.1, -0.05) is 73.7 Å². The van der Waals surface area contributed by atoms with Crippen LogP contribution in [0.5, 0.6) is 0 Å². The first-order chi connectivity index (χ1) is 22.8. The Bertz CT molecular complexity index is 1550. The number of carbonyl (C=O) groups excluding carboxylic acids is 3. The number of nitrogens with one attached hydrogen (secondary N) is 1. The molecule has 0 radical (unpaired) electrons. The molecule has 11 heteroatoms. The minimum Gasteiger partial charge on any atom is -0.445 e. The van der Waals surface area contributed by atoms with E-state index in [4.69, 9.17) is 14.2 Å². The van der Waals surface area contributed by atoms with Crippen molar-refractivity contribution in [1.82, 2.24) is 10.2 Å². The molecule has 3 aromatic rings. The molecular formula is C36H41N3O8. The molecule has 3 heterocycles. The van der Waals surface area contributed by atoms with Crippen LogP contribution >= 0.6 is 0 Å². The number of imide groups is 1. The molecule has 0 spiro atoms. The molecule has 3 saturated heterocycles. The van der Waals surface area contributed by atoms with Crippen LogP contribution in [0, 0.1) is 5.92 Å². The molecule has 0 bridgehead atoms. The van der Waals surface area contributed by atoms with Gasteiger partial charge in [0.25, 0.3) is 5.91 Å². The summed E-state index contributed by atoms with van der Waals surface area (Å²) in [5.41, 5.74) is 3.54. The number of alkyl carbamates (subject to hydrolysis) is 1. The fourth-order valence-corrected chi connectivity index (χ4v) is 6.63. The number of ether oxygens (including phenoxy) is 3. The van der Waals surface area contributed by atoms with Gasteiger partial charge in [0, 0.05) is 24.1 Å². The van der Waals surface area contributed by atoms with E-state index >= 15 is 0 Å². The minimum atomic E-state index is -1.05. The summed E-state index contributed by atoms with van der Waals surface area (Å²) in [6, 6.07) is 22.8. The topological polar surface area (TPSA) is 138 Å². The number of nitrogens with zero attached hydrogens (tertiary/aromatic N) is 2. The standard InChI is InChI=1S/C36H41N3O8/c1-23-31(19-38-16-6-11-29(38)21-41)46-35(47-33(23)26-14-12-24(20-40)13-15-26)27-9-5-10-28(17-27)39-32(42)18-30(34(39)43)37-36(44)45-22-25-7-3-2-4-8-25/h2-5,7-10,12-15,17,23,29-31,33,35,40-41H,6,11,16,18-22H2,1H3,(H,37,44). The Morgan fingerprint density at radius 2 is 1.74 bits per heavy atom. The van der Waals surface area contributed by atoms with Crippen molar-refractivity contribution in [2.45, 2.75) is 70.0 Å². The smallest absolute Gasteiger partial charge is 0.408 e. The highest BCUT2D eigenvalue weighted by Gasteiger charge is 2.43. The number of aliphatic hydroxyl groups is 2. The van der Waals surface area contributed by atoms with Gasteiger partial charge in [0.05, 0.1) is 37.5 Å². The van der Waals surface area contributed by atoms with Crippen molar-refractivity contribution in [3.05, 3.63) is 101 Å². The third-order valence-corrected chi connectivity index (χ3v) is 9.30. The number of rotatable bonds is 10. The van der Waals surface area contributed by atoms with Crippen LogP contribution in [0.25, 0.3) is 0 Å². The van der Waals surface area contributed by atoms with Crippen LogP contribution in [0.4, 0.5) is 10.5 Å². The van der Waals surface area contributed by atoms with Gasteiger partial charge in [-0.3, -0.25) is 14.5 Å². The number of amides is 3. The fraction of sp³-hybridized carbons (Fsp3) is 0.417. The first kappa shape index (κ1) is 32.8. The van der Waals surface area contributed by atoms with Crippen LogP contribution in [0.3, 0.4) is 0 Å². The van der Waals surface area contributed by atoms with Gasteiger partial charge in [-0.15, -0.1) is 0 Å². The lowest BCUT2D eigenvalue weighted by molar-refractivity contribution is -0.276. The number of aliphatic hydroxyl groups excluding tert-OH is 2. The SMILES string of the molecule is CC1C(CN2CCCC2CO)OC(c2cccc(N3C(=O)CC(NC(=O)OCc4ccccc4)C3=O)c2)OC1c1ccc(CO)cc1. The van der Waals surface area contributed by atoms with Crippen LogP contribution in [-0.4, -0.2) is 70.9 Å². The molecular weight excluding hydrogens is 602 g/mol. The van der Waals surface area contributed by atoms with Crippen LogP contribution < -0.4 is 10.2 Å². The Labute approximate surface area is 274 Å². The first-order valence-electron chi connectivity index (χ1n) is 16.1. The predicted molar refractivity (Wildman–Crippen MR) is 172 cm³/mol. The molecule has 0 aliphatic carbocycles. The van der Waals surface area contributed by atoms with Gasteiger partial charge in [0.15, 0.2) is 6.29 Å². The highest BCUT2D eigenvalue weighted by Crippen LogP contribution is 2.43. The molecule has 6 unspecified atom stereocenters. The number of likely N-dealkylation sites (tertiary alicyclic amines) is 1. The molecule has 3 fully saturated rings. The van der Waals surface area contributed by atoms with Crippen molar-refractivity contribution in [3.63, 3.8) is 0 Å². The van der Waals surface area contributed by atoms with Gasteiger partial charge in [-0.05, 0) is 48.2 Å². The zero-order valence-electron chi connectivity index (χ0n) is 26.4. The maximum Gasteiger partial charge on any atom is 0.408 e. The molecule has 248 valence electrons. The summed E-state index contributed by atoms with van der Waals surface area (Å²) in [6.07, 6.45) is -0.396. The Morgan fingerprint density at radius 1 is 0.957 bits per heavy atom. The molecule has 3 aliphatic rings. The van der Waals surface area contributed by atoms with Crippen molar-refractivity contribution < 1.29 is 38.8 Å². The molecule has 3 amide bonds. The molecule has 3 N–H and O–H groups in total. The van der Waals surface area contributed by atoms with Crippen molar-refractivity contribution >= 4 is 23.6 Å². The van der Waals surface area contributed by atoms with Crippen LogP contribution in [0.2, 0.25) is 0 Å². The summed E-state index contributed by atoms with van der Waals surface area (Å²) in [4.78, 5) is 42.3. The summed E-state index contributed by atoms with van der Waals surface area (Å²) in [6.45, 7) is 3.66. The van der Waals surface area contributed by atoms with Crippen molar-refractivity contribution in [2.24, 2.45) is 5.92 Å². The van der Waals surface area contributed by atoms with E-state index in [-0.39, 0.29) is 50.4 Å². The summed E-state index contributed by atoms with van der Waals surface area (Å²) in [5.74, 6) is -1.03. The number of hydrogen-bond donors (Lipinski definition) is 3. The zero-order valence-corrected chi connectivity index (χ0v) is 26.4. The summed E-state index contributed by atoms with van der Waals surface area (Å²) in [7, 11) is 0. The van der Waals surface area contributed by atoms with Gasteiger partial charge >= 0.3 is 6.09 Å². The van der Waals surface area contributed by atoms with E-state index in [1.165, 1.54) is 0 Å².